The number of rotatable bonds is 12. The maximum absolute atomic E-state index is 13.1. The van der Waals surface area contributed by atoms with E-state index >= 15 is 0 Å². The van der Waals surface area contributed by atoms with E-state index in [0.717, 1.165) is 0 Å². The van der Waals surface area contributed by atoms with Crippen molar-refractivity contribution in [3.63, 3.8) is 0 Å². The molecule has 0 N–H and O–H groups in total. The van der Waals surface area contributed by atoms with E-state index in [-0.39, 0.29) is 64.7 Å². The Labute approximate surface area is 311 Å². The van der Waals surface area contributed by atoms with Crippen LogP contribution in [0.5, 0.6) is 35.3 Å². The van der Waals surface area contributed by atoms with Gasteiger partial charge >= 0.3 is 18.0 Å². The molecule has 7 rings (SSSR count). The van der Waals surface area contributed by atoms with Gasteiger partial charge in [-0.15, -0.1) is 15.0 Å². The summed E-state index contributed by atoms with van der Waals surface area (Å²) in [7, 11) is -11.3. The van der Waals surface area contributed by atoms with Crippen LogP contribution in [-0.2, 0) is 29.5 Å². The first-order valence-electron chi connectivity index (χ1n) is 16.0. The highest BCUT2D eigenvalue weighted by atomic mass is 32.2. The molecular formula is C39H27N3O9S3. The van der Waals surface area contributed by atoms with Gasteiger partial charge in [0, 0.05) is 0 Å². The molecule has 0 unspecified atom stereocenters. The summed E-state index contributed by atoms with van der Waals surface area (Å²) in [5, 5.41) is 0. The van der Waals surface area contributed by atoms with E-state index in [1.54, 1.807) is 54.6 Å². The number of hydrogen-bond donors (Lipinski definition) is 0. The summed E-state index contributed by atoms with van der Waals surface area (Å²) in [4.78, 5) is 13.2. The van der Waals surface area contributed by atoms with Crippen molar-refractivity contribution in [3.05, 3.63) is 164 Å². The Bertz CT molecular complexity index is 2420. The number of sulfone groups is 3. The van der Waals surface area contributed by atoms with Gasteiger partial charge in [0.05, 0.1) is 29.4 Å². The van der Waals surface area contributed by atoms with Gasteiger partial charge in [-0.25, -0.2) is 25.3 Å². The molecular weight excluding hydrogens is 751 g/mol. The first-order valence-corrected chi connectivity index (χ1v) is 20.4. The average molecular weight is 778 g/mol. The minimum Gasteiger partial charge on any atom is -0.424 e. The van der Waals surface area contributed by atoms with Crippen LogP contribution in [0.2, 0.25) is 0 Å². The molecule has 0 bridgehead atoms. The van der Waals surface area contributed by atoms with Crippen LogP contribution in [0.3, 0.4) is 0 Å². The van der Waals surface area contributed by atoms with Crippen LogP contribution >= 0.6 is 0 Å². The lowest BCUT2D eigenvalue weighted by Gasteiger charge is -2.11. The van der Waals surface area contributed by atoms with Gasteiger partial charge in [-0.2, -0.15) is 0 Å². The normalized spacial score (nSPS) is 11.8. The molecule has 0 fully saturated rings. The molecule has 7 aromatic rings. The number of ether oxygens (including phenoxy) is 3. The van der Waals surface area contributed by atoms with E-state index in [0.29, 0.717) is 0 Å². The maximum Gasteiger partial charge on any atom is 0.331 e. The molecule has 0 saturated heterocycles. The predicted octanol–water partition coefficient (Wildman–Crippen LogP) is 7.75. The minimum absolute atomic E-state index is 0.0418. The summed E-state index contributed by atoms with van der Waals surface area (Å²) in [5.41, 5.74) is 0. The SMILES string of the molecule is O=S(=O)(c1ccccc1)c1ccc(Oc2nc(Oc3ccc(S(=O)(=O)c4ccccc4)cc3)nc(Oc3ccc(S(=O)(=O)c4ccccc4)cc3)n2)cc1. The van der Waals surface area contributed by atoms with Gasteiger partial charge in [0.25, 0.3) is 0 Å². The second-order valence-electron chi connectivity index (χ2n) is 11.4. The smallest absolute Gasteiger partial charge is 0.331 e. The van der Waals surface area contributed by atoms with Crippen LogP contribution in [0.4, 0.5) is 0 Å². The summed E-state index contributed by atoms with van der Waals surface area (Å²) in [6.45, 7) is 0. The summed E-state index contributed by atoms with van der Waals surface area (Å²) >= 11 is 0. The Hall–Kier alpha value is -6.42. The summed E-state index contributed by atoms with van der Waals surface area (Å²) < 4.78 is 96.0. The molecule has 15 heteroatoms. The third-order valence-electron chi connectivity index (χ3n) is 7.76. The van der Waals surface area contributed by atoms with Gasteiger partial charge in [0.2, 0.25) is 29.5 Å². The van der Waals surface area contributed by atoms with Crippen molar-refractivity contribution >= 4 is 29.5 Å². The third kappa shape index (κ3) is 7.83. The lowest BCUT2D eigenvalue weighted by molar-refractivity contribution is 0.362. The quantitative estimate of drug-likeness (QED) is 0.118. The fourth-order valence-electron chi connectivity index (χ4n) is 5.04. The van der Waals surface area contributed by atoms with Crippen LogP contribution in [0.25, 0.3) is 0 Å². The molecule has 0 aliphatic rings. The molecule has 0 radical (unpaired) electrons. The first kappa shape index (κ1) is 36.0. The maximum atomic E-state index is 13.1. The molecule has 12 nitrogen and oxygen atoms in total. The minimum atomic E-state index is -3.78. The zero-order chi connectivity index (χ0) is 37.8. The van der Waals surface area contributed by atoms with Crippen molar-refractivity contribution < 1.29 is 39.5 Å². The van der Waals surface area contributed by atoms with E-state index in [1.165, 1.54) is 109 Å². The van der Waals surface area contributed by atoms with Gasteiger partial charge in [-0.3, -0.25) is 0 Å². The Morgan fingerprint density at radius 2 is 0.481 bits per heavy atom. The van der Waals surface area contributed by atoms with Crippen LogP contribution in [0.1, 0.15) is 0 Å². The van der Waals surface area contributed by atoms with E-state index in [1.807, 2.05) is 0 Å². The molecule has 0 aliphatic heterocycles. The van der Waals surface area contributed by atoms with Crippen LogP contribution in [0.15, 0.2) is 193 Å². The fourth-order valence-corrected chi connectivity index (χ4v) is 8.89. The van der Waals surface area contributed by atoms with Crippen LogP contribution in [0, 0.1) is 0 Å². The zero-order valence-corrected chi connectivity index (χ0v) is 30.3. The van der Waals surface area contributed by atoms with Gasteiger partial charge < -0.3 is 14.2 Å². The van der Waals surface area contributed by atoms with Crippen molar-refractivity contribution in [3.8, 4) is 35.3 Å². The van der Waals surface area contributed by atoms with Crippen LogP contribution < -0.4 is 14.2 Å². The monoisotopic (exact) mass is 777 g/mol. The Morgan fingerprint density at radius 1 is 0.278 bits per heavy atom. The van der Waals surface area contributed by atoms with Gasteiger partial charge in [-0.1, -0.05) is 54.6 Å². The lowest BCUT2D eigenvalue weighted by Crippen LogP contribution is -2.03. The van der Waals surface area contributed by atoms with Crippen LogP contribution in [-0.4, -0.2) is 40.2 Å². The number of hydrogen-bond acceptors (Lipinski definition) is 12. The highest BCUT2D eigenvalue weighted by molar-refractivity contribution is 7.92. The molecule has 54 heavy (non-hydrogen) atoms. The second kappa shape index (κ2) is 14.9. The molecule has 270 valence electrons. The average Bonchev–Trinajstić information content (AvgIpc) is 3.19. The molecule has 1 aromatic heterocycles. The molecule has 0 saturated carbocycles. The van der Waals surface area contributed by atoms with Crippen molar-refractivity contribution in [2.24, 2.45) is 0 Å². The standard InChI is InChI=1S/C39H27N3O9S3/c43-52(44,31-10-4-1-5-11-31)34-22-16-28(17-23-34)49-37-40-38(50-29-18-24-35(25-19-29)53(45,46)32-12-6-2-7-13-32)42-39(41-37)51-30-20-26-36(27-21-30)54(47,48)33-14-8-3-9-15-33/h1-27H. The largest absolute Gasteiger partial charge is 0.424 e. The van der Waals surface area contributed by atoms with E-state index in [4.69, 9.17) is 14.2 Å². The van der Waals surface area contributed by atoms with Crippen molar-refractivity contribution in [2.75, 3.05) is 0 Å². The molecule has 0 atom stereocenters. The molecule has 0 spiro atoms. The summed E-state index contributed by atoms with van der Waals surface area (Å²) in [6.07, 6.45) is 0. The Kier molecular flexibility index (Phi) is 9.92. The van der Waals surface area contributed by atoms with Crippen molar-refractivity contribution in [1.29, 1.82) is 0 Å². The van der Waals surface area contributed by atoms with E-state index < -0.39 is 29.5 Å². The highest BCUT2D eigenvalue weighted by Gasteiger charge is 2.21. The second-order valence-corrected chi connectivity index (χ2v) is 17.2. The highest BCUT2D eigenvalue weighted by Crippen LogP contribution is 2.31. The molecule has 0 aliphatic carbocycles. The van der Waals surface area contributed by atoms with E-state index in [9.17, 15) is 25.3 Å². The van der Waals surface area contributed by atoms with Crippen molar-refractivity contribution in [2.45, 2.75) is 29.4 Å². The lowest BCUT2D eigenvalue weighted by atomic mass is 10.3. The van der Waals surface area contributed by atoms with Crippen molar-refractivity contribution in [1.82, 2.24) is 15.0 Å². The molecule has 6 aromatic carbocycles. The fraction of sp³-hybridized carbons (Fsp3) is 0. The number of nitrogens with zero attached hydrogens (tertiary/aromatic N) is 3. The Morgan fingerprint density at radius 3 is 0.704 bits per heavy atom. The number of benzene rings is 6. The topological polar surface area (TPSA) is 169 Å². The molecule has 1 heterocycles. The Balaban J connectivity index is 1.16. The van der Waals surface area contributed by atoms with Gasteiger partial charge in [-0.05, 0) is 109 Å². The third-order valence-corrected chi connectivity index (χ3v) is 13.1. The van der Waals surface area contributed by atoms with Gasteiger partial charge in [0.1, 0.15) is 17.2 Å². The van der Waals surface area contributed by atoms with Gasteiger partial charge in [0.15, 0.2) is 0 Å². The predicted molar refractivity (Wildman–Crippen MR) is 195 cm³/mol. The van der Waals surface area contributed by atoms with E-state index in [2.05, 4.69) is 15.0 Å². The zero-order valence-electron chi connectivity index (χ0n) is 27.8. The summed E-state index contributed by atoms with van der Waals surface area (Å²) in [6, 6.07) is 39.9. The summed E-state index contributed by atoms with van der Waals surface area (Å²) in [5.74, 6) is 0.531. The molecule has 0 amide bonds. The number of aromatic nitrogens is 3. The first-order chi connectivity index (χ1) is 26.0.